The predicted molar refractivity (Wildman–Crippen MR) is 102 cm³/mol. The zero-order chi connectivity index (χ0) is 18.0. The zero-order valence-electron chi connectivity index (χ0n) is 15.9. The van der Waals surface area contributed by atoms with Crippen molar-refractivity contribution in [2.45, 2.75) is 90.9 Å². The Bertz CT molecular complexity index is 338. The summed E-state index contributed by atoms with van der Waals surface area (Å²) in [6.07, 6.45) is 17.0. The molecule has 140 valence electrons. The van der Waals surface area contributed by atoms with Gasteiger partial charge in [-0.15, -0.1) is 0 Å². The minimum atomic E-state index is -0.567. The summed E-state index contributed by atoms with van der Waals surface area (Å²) in [6, 6.07) is 0. The smallest absolute Gasteiger partial charge is 0.246 e. The highest BCUT2D eigenvalue weighted by Gasteiger charge is 2.10. The molecule has 0 aliphatic rings. The van der Waals surface area contributed by atoms with E-state index in [9.17, 15) is 9.59 Å². The van der Waals surface area contributed by atoms with Crippen LogP contribution in [0.2, 0.25) is 0 Å². The Morgan fingerprint density at radius 1 is 0.708 bits per heavy atom. The molecular weight excluding hydrogens is 300 g/mol. The molecule has 0 rings (SSSR count). The van der Waals surface area contributed by atoms with Crippen LogP contribution < -0.4 is 5.73 Å². The molecule has 4 heteroatoms. The molecule has 0 unspecified atom stereocenters. The van der Waals surface area contributed by atoms with Crippen LogP contribution in [0.4, 0.5) is 0 Å². The maximum absolute atomic E-state index is 12.2. The fraction of sp³-hybridized carbons (Fsp3) is 0.800. The highest BCUT2D eigenvalue weighted by molar-refractivity contribution is 5.95. The molecule has 0 spiro atoms. The van der Waals surface area contributed by atoms with Crippen molar-refractivity contribution in [2.24, 2.45) is 5.73 Å². The van der Waals surface area contributed by atoms with Gasteiger partial charge in [-0.25, -0.2) is 0 Å². The highest BCUT2D eigenvalue weighted by Crippen LogP contribution is 2.09. The van der Waals surface area contributed by atoms with E-state index >= 15 is 0 Å². The van der Waals surface area contributed by atoms with E-state index in [0.717, 1.165) is 32.0 Å². The molecule has 0 aromatic heterocycles. The lowest BCUT2D eigenvalue weighted by Gasteiger charge is -2.21. The Hall–Kier alpha value is -1.32. The number of carbonyl (C=O) groups is 2. The zero-order valence-corrected chi connectivity index (χ0v) is 15.9. The Labute approximate surface area is 148 Å². The molecule has 0 bridgehead atoms. The Morgan fingerprint density at radius 2 is 1.12 bits per heavy atom. The van der Waals surface area contributed by atoms with Crippen molar-refractivity contribution >= 4 is 11.8 Å². The summed E-state index contributed by atoms with van der Waals surface area (Å²) in [4.78, 5) is 24.9. The van der Waals surface area contributed by atoms with Crippen molar-refractivity contribution in [1.82, 2.24) is 4.90 Å². The molecule has 0 radical (unpaired) electrons. The Morgan fingerprint density at radius 3 is 1.54 bits per heavy atom. The molecule has 0 fully saturated rings. The lowest BCUT2D eigenvalue weighted by atomic mass is 10.1. The Kier molecular flexibility index (Phi) is 15.6. The largest absolute Gasteiger partial charge is 0.366 e. The van der Waals surface area contributed by atoms with E-state index < -0.39 is 5.91 Å². The van der Waals surface area contributed by atoms with E-state index in [1.54, 1.807) is 0 Å². The summed E-state index contributed by atoms with van der Waals surface area (Å²) in [5.41, 5.74) is 5.08. The van der Waals surface area contributed by atoms with Crippen LogP contribution in [0.1, 0.15) is 90.9 Å². The average Bonchev–Trinajstić information content (AvgIpc) is 2.56. The third-order valence-electron chi connectivity index (χ3n) is 4.27. The molecule has 0 aromatic rings. The summed E-state index contributed by atoms with van der Waals surface area (Å²) >= 11 is 0. The fourth-order valence-electron chi connectivity index (χ4n) is 2.76. The van der Waals surface area contributed by atoms with Gasteiger partial charge in [0, 0.05) is 25.2 Å². The highest BCUT2D eigenvalue weighted by atomic mass is 16.2. The van der Waals surface area contributed by atoms with E-state index in [1.807, 2.05) is 4.90 Å². The summed E-state index contributed by atoms with van der Waals surface area (Å²) in [6.45, 7) is 5.99. The number of primary amides is 1. The van der Waals surface area contributed by atoms with Crippen LogP contribution in [-0.2, 0) is 9.59 Å². The third kappa shape index (κ3) is 14.3. The second-order valence-electron chi connectivity index (χ2n) is 6.60. The molecule has 24 heavy (non-hydrogen) atoms. The first-order valence-corrected chi connectivity index (χ1v) is 9.88. The van der Waals surface area contributed by atoms with Crippen LogP contribution in [0.25, 0.3) is 0 Å². The maximum atomic E-state index is 12.2. The van der Waals surface area contributed by atoms with Crippen LogP contribution in [-0.4, -0.2) is 29.8 Å². The van der Waals surface area contributed by atoms with E-state index in [1.165, 1.54) is 70.3 Å². The van der Waals surface area contributed by atoms with Gasteiger partial charge in [0.05, 0.1) is 0 Å². The molecule has 0 aliphatic heterocycles. The maximum Gasteiger partial charge on any atom is 0.246 e. The number of nitrogens with zero attached hydrogens (tertiary/aromatic N) is 1. The summed E-state index contributed by atoms with van der Waals surface area (Å²) in [5, 5.41) is 0. The Balaban J connectivity index is 4.13. The predicted octanol–water partition coefficient (Wildman–Crippen LogP) is 4.58. The van der Waals surface area contributed by atoms with Crippen LogP contribution in [0.15, 0.2) is 12.2 Å². The van der Waals surface area contributed by atoms with Gasteiger partial charge in [0.1, 0.15) is 0 Å². The number of carbonyl (C=O) groups excluding carboxylic acids is 2. The van der Waals surface area contributed by atoms with E-state index in [0.29, 0.717) is 0 Å². The second-order valence-corrected chi connectivity index (χ2v) is 6.60. The normalized spacial score (nSPS) is 11.1. The van der Waals surface area contributed by atoms with Crippen molar-refractivity contribution in [2.75, 3.05) is 13.1 Å². The van der Waals surface area contributed by atoms with E-state index in [-0.39, 0.29) is 5.91 Å². The molecule has 2 N–H and O–H groups in total. The van der Waals surface area contributed by atoms with Crippen molar-refractivity contribution < 1.29 is 9.59 Å². The second kappa shape index (κ2) is 16.5. The minimum Gasteiger partial charge on any atom is -0.366 e. The number of nitrogens with two attached hydrogens (primary N) is 1. The number of unbranched alkanes of at least 4 members (excludes halogenated alkanes) is 10. The molecule has 0 atom stereocenters. The van der Waals surface area contributed by atoms with Crippen molar-refractivity contribution in [1.29, 1.82) is 0 Å². The topological polar surface area (TPSA) is 63.4 Å². The van der Waals surface area contributed by atoms with Crippen LogP contribution in [0.3, 0.4) is 0 Å². The van der Waals surface area contributed by atoms with E-state index in [2.05, 4.69) is 13.8 Å². The van der Waals surface area contributed by atoms with Crippen LogP contribution in [0, 0.1) is 0 Å². The third-order valence-corrected chi connectivity index (χ3v) is 4.27. The van der Waals surface area contributed by atoms with Crippen LogP contribution in [0.5, 0.6) is 0 Å². The number of hydrogen-bond acceptors (Lipinski definition) is 2. The number of rotatable bonds is 16. The SMILES string of the molecule is CCCCCCCCN(CCCCCCCC)C(=O)C=CC(N)=O. The fourth-order valence-corrected chi connectivity index (χ4v) is 2.76. The molecule has 0 saturated carbocycles. The minimum absolute atomic E-state index is 0.0871. The van der Waals surface area contributed by atoms with Gasteiger partial charge in [-0.2, -0.15) is 0 Å². The van der Waals surface area contributed by atoms with Gasteiger partial charge in [-0.3, -0.25) is 9.59 Å². The number of amides is 2. The molecular formula is C20H38N2O2. The summed E-state index contributed by atoms with van der Waals surface area (Å²) in [5.74, 6) is -0.654. The van der Waals surface area contributed by atoms with Gasteiger partial charge >= 0.3 is 0 Å². The molecule has 0 aromatic carbocycles. The molecule has 0 heterocycles. The summed E-state index contributed by atoms with van der Waals surface area (Å²) < 4.78 is 0. The van der Waals surface area contributed by atoms with Gasteiger partial charge in [0.2, 0.25) is 11.8 Å². The van der Waals surface area contributed by atoms with Gasteiger partial charge in [0.15, 0.2) is 0 Å². The van der Waals surface area contributed by atoms with Gasteiger partial charge in [-0.05, 0) is 12.8 Å². The first-order valence-electron chi connectivity index (χ1n) is 9.88. The van der Waals surface area contributed by atoms with Gasteiger partial charge in [-0.1, -0.05) is 78.1 Å². The van der Waals surface area contributed by atoms with Crippen molar-refractivity contribution in [3.05, 3.63) is 12.2 Å². The van der Waals surface area contributed by atoms with Crippen LogP contribution >= 0.6 is 0 Å². The first kappa shape index (κ1) is 22.7. The summed E-state index contributed by atoms with van der Waals surface area (Å²) in [7, 11) is 0. The van der Waals surface area contributed by atoms with Crippen molar-refractivity contribution in [3.63, 3.8) is 0 Å². The molecule has 0 saturated heterocycles. The lowest BCUT2D eigenvalue weighted by Crippen LogP contribution is -2.31. The first-order chi connectivity index (χ1) is 11.6. The van der Waals surface area contributed by atoms with Gasteiger partial charge < -0.3 is 10.6 Å². The molecule has 4 nitrogen and oxygen atoms in total. The average molecular weight is 339 g/mol. The lowest BCUT2D eigenvalue weighted by molar-refractivity contribution is -0.126. The van der Waals surface area contributed by atoms with E-state index in [4.69, 9.17) is 5.73 Å². The monoisotopic (exact) mass is 338 g/mol. The van der Waals surface area contributed by atoms with Crippen molar-refractivity contribution in [3.8, 4) is 0 Å². The number of hydrogen-bond donors (Lipinski definition) is 1. The molecule has 2 amide bonds. The van der Waals surface area contributed by atoms with Gasteiger partial charge in [0.25, 0.3) is 0 Å². The standard InChI is InChI=1S/C20H38N2O2/c1-3-5-7-9-11-13-17-22(20(24)16-15-19(21)23)18-14-12-10-8-6-4-2/h15-16H,3-14,17-18H2,1-2H3,(H2,21,23). The molecule has 0 aliphatic carbocycles. The quantitative estimate of drug-likeness (QED) is 0.331.